The van der Waals surface area contributed by atoms with E-state index in [2.05, 4.69) is 24.3 Å². The van der Waals surface area contributed by atoms with E-state index in [-0.39, 0.29) is 0 Å². The first-order chi connectivity index (χ1) is 19.1. The lowest BCUT2D eigenvalue weighted by atomic mass is 9.86. The van der Waals surface area contributed by atoms with Gasteiger partial charge in [0, 0.05) is 6.42 Å². The van der Waals surface area contributed by atoms with Gasteiger partial charge in [-0.3, -0.25) is 0 Å². The van der Waals surface area contributed by atoms with E-state index in [0.29, 0.717) is 6.04 Å². The summed E-state index contributed by atoms with van der Waals surface area (Å²) in [6.07, 6.45) is 4.92. The van der Waals surface area contributed by atoms with Crippen LogP contribution in [0, 0.1) is 5.92 Å². The first-order valence-electron chi connectivity index (χ1n) is 13.9. The third kappa shape index (κ3) is 15.3. The average molecular weight is 601 g/mol. The number of piperidine rings is 1. The molecular weight excluding hydrogens is 558 g/mol. The minimum absolute atomic E-state index is 0.411. The molecule has 13 heteroatoms. The number of carboxylic acid groups (broad SMARTS) is 2. The summed E-state index contributed by atoms with van der Waals surface area (Å²) in [6.45, 7) is 5.20. The number of aryl methyl sites for hydroxylation is 1. The Labute approximate surface area is 237 Å². The molecule has 0 bridgehead atoms. The van der Waals surface area contributed by atoms with E-state index in [9.17, 15) is 26.3 Å². The lowest BCUT2D eigenvalue weighted by Crippen LogP contribution is -2.58. The monoisotopic (exact) mass is 600 g/mol. The van der Waals surface area contributed by atoms with Crippen molar-refractivity contribution in [3.05, 3.63) is 29.8 Å². The summed E-state index contributed by atoms with van der Waals surface area (Å²) < 4.78 is 69.8. The number of benzene rings is 1. The first kappa shape index (κ1) is 36.5. The third-order valence-electron chi connectivity index (χ3n) is 7.53. The number of ether oxygens (including phenoxy) is 1. The topological polar surface area (TPSA) is 113 Å². The van der Waals surface area contributed by atoms with E-state index in [1.165, 1.54) is 107 Å². The molecule has 1 saturated heterocycles. The number of carbonyl (C=O) groups is 2. The van der Waals surface area contributed by atoms with Crippen LogP contribution in [0.4, 0.5) is 26.3 Å². The SMILES string of the molecule is COc1ccc(CCC[N+]2(CCCC3CCCCC3)CCCC(N)C2)cc1.O=C(O)C(F)(F)F.O=C([O-])C(F)(F)F. The van der Waals surface area contributed by atoms with Gasteiger partial charge in [0.2, 0.25) is 0 Å². The Kier molecular flexibility index (Phi) is 15.5. The van der Waals surface area contributed by atoms with Gasteiger partial charge in [-0.15, -0.1) is 0 Å². The highest BCUT2D eigenvalue weighted by atomic mass is 19.4. The van der Waals surface area contributed by atoms with E-state index in [0.717, 1.165) is 11.7 Å². The number of halogens is 6. The molecule has 2 fully saturated rings. The molecule has 2 unspecified atom stereocenters. The summed E-state index contributed by atoms with van der Waals surface area (Å²) in [5, 5.41) is 15.9. The molecule has 1 saturated carbocycles. The molecule has 0 amide bonds. The van der Waals surface area contributed by atoms with Gasteiger partial charge in [-0.2, -0.15) is 26.3 Å². The van der Waals surface area contributed by atoms with Crippen LogP contribution in [-0.2, 0) is 16.0 Å². The van der Waals surface area contributed by atoms with Crippen LogP contribution in [0.2, 0.25) is 0 Å². The molecule has 1 aromatic rings. The fourth-order valence-corrected chi connectivity index (χ4v) is 5.49. The lowest BCUT2D eigenvalue weighted by Gasteiger charge is -2.44. The van der Waals surface area contributed by atoms with Crippen molar-refractivity contribution in [2.24, 2.45) is 11.7 Å². The van der Waals surface area contributed by atoms with Gasteiger partial charge in [0.05, 0.1) is 39.3 Å². The van der Waals surface area contributed by atoms with Crippen LogP contribution in [0.25, 0.3) is 0 Å². The molecule has 3 rings (SSSR count). The Bertz CT molecular complexity index is 881. The maximum absolute atomic E-state index is 10.6. The first-order valence-corrected chi connectivity index (χ1v) is 13.9. The van der Waals surface area contributed by atoms with Gasteiger partial charge in [0.25, 0.3) is 0 Å². The molecule has 0 spiro atoms. The molecule has 2 atom stereocenters. The number of quaternary nitrogens is 1. The number of likely N-dealkylation sites (tertiary alicyclic amines) is 1. The number of nitrogens with zero attached hydrogens (tertiary/aromatic N) is 1. The number of carboxylic acids is 2. The Morgan fingerprint density at radius 3 is 1.95 bits per heavy atom. The van der Waals surface area contributed by atoms with Crippen molar-refractivity contribution in [1.82, 2.24) is 0 Å². The van der Waals surface area contributed by atoms with Crippen LogP contribution in [-0.4, -0.2) is 73.2 Å². The zero-order valence-corrected chi connectivity index (χ0v) is 23.4. The van der Waals surface area contributed by atoms with Gasteiger partial charge in [-0.05, 0) is 55.7 Å². The molecule has 1 aliphatic heterocycles. The number of aliphatic carboxylic acids is 2. The fourth-order valence-electron chi connectivity index (χ4n) is 5.49. The van der Waals surface area contributed by atoms with Gasteiger partial charge < -0.3 is 30.0 Å². The highest BCUT2D eigenvalue weighted by Crippen LogP contribution is 2.29. The van der Waals surface area contributed by atoms with Crippen molar-refractivity contribution in [3.8, 4) is 5.75 Å². The molecule has 1 heterocycles. The quantitative estimate of drug-likeness (QED) is 0.309. The zero-order chi connectivity index (χ0) is 31.1. The summed E-state index contributed by atoms with van der Waals surface area (Å²) in [5.41, 5.74) is 7.84. The van der Waals surface area contributed by atoms with Crippen molar-refractivity contribution in [3.63, 3.8) is 0 Å². The van der Waals surface area contributed by atoms with Gasteiger partial charge in [0.15, 0.2) is 0 Å². The zero-order valence-electron chi connectivity index (χ0n) is 23.4. The molecule has 3 N–H and O–H groups in total. The summed E-state index contributed by atoms with van der Waals surface area (Å²) in [5.74, 6) is -3.80. The smallest absolute Gasteiger partial charge is 0.490 e. The summed E-state index contributed by atoms with van der Waals surface area (Å²) in [4.78, 5) is 17.7. The second kappa shape index (κ2) is 17.4. The van der Waals surface area contributed by atoms with E-state index < -0.39 is 24.3 Å². The third-order valence-corrected chi connectivity index (χ3v) is 7.53. The largest absolute Gasteiger partial charge is 0.542 e. The van der Waals surface area contributed by atoms with Gasteiger partial charge in [-0.25, -0.2) is 4.79 Å². The van der Waals surface area contributed by atoms with Crippen molar-refractivity contribution in [1.29, 1.82) is 0 Å². The highest BCUT2D eigenvalue weighted by Gasteiger charge is 2.38. The number of nitrogens with two attached hydrogens (primary N) is 1. The summed E-state index contributed by atoms with van der Waals surface area (Å²) in [7, 11) is 1.73. The lowest BCUT2D eigenvalue weighted by molar-refractivity contribution is -0.933. The number of carbonyl (C=O) groups excluding carboxylic acids is 1. The minimum atomic E-state index is -5.19. The predicted molar refractivity (Wildman–Crippen MR) is 139 cm³/mol. The summed E-state index contributed by atoms with van der Waals surface area (Å²) >= 11 is 0. The van der Waals surface area contributed by atoms with Crippen molar-refractivity contribution >= 4 is 11.9 Å². The Hall–Kier alpha value is -2.54. The Balaban J connectivity index is 0.000000497. The Morgan fingerprint density at radius 2 is 1.49 bits per heavy atom. The molecule has 1 aromatic carbocycles. The second-order valence-electron chi connectivity index (χ2n) is 10.8. The van der Waals surface area contributed by atoms with Crippen molar-refractivity contribution in [2.75, 3.05) is 33.3 Å². The van der Waals surface area contributed by atoms with Crippen LogP contribution in [0.15, 0.2) is 24.3 Å². The van der Waals surface area contributed by atoms with Crippen LogP contribution in [0.5, 0.6) is 5.75 Å². The van der Waals surface area contributed by atoms with Gasteiger partial charge >= 0.3 is 18.3 Å². The van der Waals surface area contributed by atoms with Crippen molar-refractivity contribution in [2.45, 2.75) is 89.0 Å². The normalized spacial score (nSPS) is 21.5. The number of rotatable bonds is 9. The maximum atomic E-state index is 10.6. The van der Waals surface area contributed by atoms with E-state index in [1.54, 1.807) is 7.11 Å². The van der Waals surface area contributed by atoms with E-state index in [1.807, 2.05) is 0 Å². The number of hydrogen-bond donors (Lipinski definition) is 2. The molecule has 236 valence electrons. The van der Waals surface area contributed by atoms with Crippen LogP contribution >= 0.6 is 0 Å². The molecule has 7 nitrogen and oxygen atoms in total. The standard InChI is InChI=1S/C24H41N2O.2C2HF3O2/c1-27-24-15-13-22(14-16-24)11-6-18-26(19-7-12-23(25)20-26)17-5-10-21-8-3-2-4-9-21;2*3-2(4,5)1(6)7/h13-16,21,23H,2-12,17-20,25H2,1H3;2*(H,6,7)/q+1;;/p-1. The molecule has 41 heavy (non-hydrogen) atoms. The van der Waals surface area contributed by atoms with E-state index in [4.69, 9.17) is 30.3 Å². The average Bonchev–Trinajstić information content (AvgIpc) is 2.89. The molecule has 2 aliphatic rings. The van der Waals surface area contributed by atoms with Crippen LogP contribution in [0.3, 0.4) is 0 Å². The minimum Gasteiger partial charge on any atom is -0.542 e. The number of alkyl halides is 6. The van der Waals surface area contributed by atoms with E-state index >= 15 is 0 Å². The van der Waals surface area contributed by atoms with Gasteiger partial charge in [0.1, 0.15) is 11.7 Å². The predicted octanol–water partition coefficient (Wildman–Crippen LogP) is 4.86. The molecule has 0 aromatic heterocycles. The molecule has 1 aliphatic carbocycles. The second-order valence-corrected chi connectivity index (χ2v) is 10.8. The van der Waals surface area contributed by atoms with Crippen LogP contribution in [0.1, 0.15) is 69.8 Å². The fraction of sp³-hybridized carbons (Fsp3) is 0.714. The highest BCUT2D eigenvalue weighted by molar-refractivity contribution is 5.73. The number of methoxy groups -OCH3 is 1. The molecular formula is C28H42F6N2O5. The van der Waals surface area contributed by atoms with Crippen LogP contribution < -0.4 is 15.6 Å². The van der Waals surface area contributed by atoms with Gasteiger partial charge in [-0.1, -0.05) is 44.2 Å². The summed E-state index contributed by atoms with van der Waals surface area (Å²) in [6, 6.07) is 9.01. The Morgan fingerprint density at radius 1 is 0.951 bits per heavy atom. The molecule has 0 radical (unpaired) electrons. The maximum Gasteiger partial charge on any atom is 0.490 e. The van der Waals surface area contributed by atoms with Crippen molar-refractivity contribution < 1.29 is 55.4 Å². The number of hydrogen-bond acceptors (Lipinski definition) is 5.